The van der Waals surface area contributed by atoms with Gasteiger partial charge < -0.3 is 19.4 Å². The smallest absolute Gasteiger partial charge is 0.318 e. The largest absolute Gasteiger partial charge is 0.406 e. The minimum atomic E-state index is 0.103. The van der Waals surface area contributed by atoms with Crippen LogP contribution in [0.5, 0.6) is 0 Å². The SMILES string of the molecule is CCNC(C)c1nnc(N2CCCC(COC)C2)o1. The third-order valence-corrected chi connectivity index (χ3v) is 3.50. The summed E-state index contributed by atoms with van der Waals surface area (Å²) in [5.74, 6) is 1.21. The molecule has 2 atom stereocenters. The molecular formula is C13H24N4O2. The number of hydrogen-bond acceptors (Lipinski definition) is 6. The van der Waals surface area contributed by atoms with Gasteiger partial charge in [0.15, 0.2) is 0 Å². The first-order valence-electron chi connectivity index (χ1n) is 7.05. The predicted octanol–water partition coefficient (Wildman–Crippen LogP) is 1.60. The molecule has 1 aromatic heterocycles. The van der Waals surface area contributed by atoms with Crippen LogP contribution in [-0.2, 0) is 4.74 Å². The standard InChI is InChI=1S/C13H24N4O2/c1-4-14-10(2)12-15-16-13(19-12)17-7-5-6-11(8-17)9-18-3/h10-11,14H,4-9H2,1-3H3. The highest BCUT2D eigenvalue weighted by molar-refractivity contribution is 5.25. The molecule has 0 saturated carbocycles. The molecule has 2 heterocycles. The first kappa shape index (κ1) is 14.3. The van der Waals surface area contributed by atoms with E-state index >= 15 is 0 Å². The van der Waals surface area contributed by atoms with Crippen molar-refractivity contribution in [3.05, 3.63) is 5.89 Å². The molecule has 1 saturated heterocycles. The third kappa shape index (κ3) is 3.67. The van der Waals surface area contributed by atoms with Gasteiger partial charge in [-0.1, -0.05) is 12.0 Å². The normalized spacial score (nSPS) is 21.6. The van der Waals surface area contributed by atoms with Crippen LogP contribution in [0.15, 0.2) is 4.42 Å². The molecule has 2 rings (SSSR count). The maximum absolute atomic E-state index is 5.76. The van der Waals surface area contributed by atoms with Crippen LogP contribution in [0.3, 0.4) is 0 Å². The van der Waals surface area contributed by atoms with Crippen LogP contribution in [0.1, 0.15) is 38.6 Å². The Bertz CT molecular complexity index is 380. The Balaban J connectivity index is 1.97. The van der Waals surface area contributed by atoms with Crippen LogP contribution in [0.25, 0.3) is 0 Å². The van der Waals surface area contributed by atoms with Crippen LogP contribution < -0.4 is 10.2 Å². The fourth-order valence-electron chi connectivity index (χ4n) is 2.53. The van der Waals surface area contributed by atoms with Gasteiger partial charge in [0.2, 0.25) is 5.89 Å². The Morgan fingerprint density at radius 2 is 2.37 bits per heavy atom. The van der Waals surface area contributed by atoms with E-state index in [2.05, 4.69) is 27.3 Å². The summed E-state index contributed by atoms with van der Waals surface area (Å²) < 4.78 is 11.0. The molecule has 2 unspecified atom stereocenters. The lowest BCUT2D eigenvalue weighted by Gasteiger charge is -2.30. The maximum atomic E-state index is 5.76. The van der Waals surface area contributed by atoms with Gasteiger partial charge in [-0.05, 0) is 26.3 Å². The zero-order chi connectivity index (χ0) is 13.7. The Labute approximate surface area is 114 Å². The second-order valence-electron chi connectivity index (χ2n) is 5.11. The van der Waals surface area contributed by atoms with E-state index < -0.39 is 0 Å². The van der Waals surface area contributed by atoms with E-state index in [-0.39, 0.29) is 6.04 Å². The number of hydrogen-bond donors (Lipinski definition) is 1. The van der Waals surface area contributed by atoms with Crippen molar-refractivity contribution in [2.75, 3.05) is 38.3 Å². The van der Waals surface area contributed by atoms with Crippen molar-refractivity contribution in [3.8, 4) is 0 Å². The van der Waals surface area contributed by atoms with Crippen LogP contribution in [0.2, 0.25) is 0 Å². The van der Waals surface area contributed by atoms with Gasteiger partial charge in [-0.15, -0.1) is 5.10 Å². The molecule has 1 aromatic rings. The summed E-state index contributed by atoms with van der Waals surface area (Å²) in [4.78, 5) is 2.17. The quantitative estimate of drug-likeness (QED) is 0.845. The van der Waals surface area contributed by atoms with Gasteiger partial charge >= 0.3 is 6.01 Å². The number of piperidine rings is 1. The summed E-state index contributed by atoms with van der Waals surface area (Å²) in [5.41, 5.74) is 0. The highest BCUT2D eigenvalue weighted by atomic mass is 16.5. The molecule has 6 heteroatoms. The third-order valence-electron chi connectivity index (χ3n) is 3.50. The predicted molar refractivity (Wildman–Crippen MR) is 73.2 cm³/mol. The van der Waals surface area contributed by atoms with E-state index in [1.165, 1.54) is 6.42 Å². The van der Waals surface area contributed by atoms with Crippen molar-refractivity contribution in [2.24, 2.45) is 5.92 Å². The summed E-state index contributed by atoms with van der Waals surface area (Å²) in [6.45, 7) is 7.70. The van der Waals surface area contributed by atoms with Gasteiger partial charge in [0.1, 0.15) is 0 Å². The van der Waals surface area contributed by atoms with Crippen molar-refractivity contribution in [1.29, 1.82) is 0 Å². The monoisotopic (exact) mass is 268 g/mol. The second-order valence-corrected chi connectivity index (χ2v) is 5.11. The van der Waals surface area contributed by atoms with Gasteiger partial charge in [0.05, 0.1) is 12.6 Å². The molecule has 108 valence electrons. The van der Waals surface area contributed by atoms with Crippen molar-refractivity contribution >= 4 is 6.01 Å². The number of nitrogens with zero attached hydrogens (tertiary/aromatic N) is 3. The van der Waals surface area contributed by atoms with Crippen LogP contribution in [0, 0.1) is 5.92 Å². The number of rotatable bonds is 6. The molecule has 6 nitrogen and oxygen atoms in total. The first-order valence-corrected chi connectivity index (χ1v) is 7.05. The van der Waals surface area contributed by atoms with E-state index in [0.29, 0.717) is 17.8 Å². The molecule has 1 aliphatic rings. The molecule has 0 spiro atoms. The molecule has 0 aliphatic carbocycles. The summed E-state index contributed by atoms with van der Waals surface area (Å²) in [7, 11) is 1.75. The Morgan fingerprint density at radius 3 is 3.11 bits per heavy atom. The van der Waals surface area contributed by atoms with Gasteiger partial charge in [-0.2, -0.15) is 0 Å². The fourth-order valence-corrected chi connectivity index (χ4v) is 2.53. The number of aromatic nitrogens is 2. The minimum Gasteiger partial charge on any atom is -0.406 e. The van der Waals surface area contributed by atoms with Crippen molar-refractivity contribution in [2.45, 2.75) is 32.7 Å². The van der Waals surface area contributed by atoms with Gasteiger partial charge in [0, 0.05) is 26.1 Å². The number of ether oxygens (including phenoxy) is 1. The number of methoxy groups -OCH3 is 1. The average Bonchev–Trinajstić information content (AvgIpc) is 2.89. The lowest BCUT2D eigenvalue weighted by Crippen LogP contribution is -2.37. The maximum Gasteiger partial charge on any atom is 0.318 e. The van der Waals surface area contributed by atoms with E-state index in [0.717, 1.165) is 32.7 Å². The first-order chi connectivity index (χ1) is 9.24. The molecule has 0 aromatic carbocycles. The highest BCUT2D eigenvalue weighted by Gasteiger charge is 2.24. The van der Waals surface area contributed by atoms with E-state index in [1.807, 2.05) is 6.92 Å². The Morgan fingerprint density at radius 1 is 1.53 bits per heavy atom. The molecule has 0 bridgehead atoms. The molecule has 0 amide bonds. The highest BCUT2D eigenvalue weighted by Crippen LogP contribution is 2.23. The van der Waals surface area contributed by atoms with E-state index in [9.17, 15) is 0 Å². The molecule has 0 radical (unpaired) electrons. The summed E-state index contributed by atoms with van der Waals surface area (Å²) in [5, 5.41) is 11.6. The van der Waals surface area contributed by atoms with Gasteiger partial charge in [-0.25, -0.2) is 0 Å². The van der Waals surface area contributed by atoms with Crippen molar-refractivity contribution < 1.29 is 9.15 Å². The summed E-state index contributed by atoms with van der Waals surface area (Å²) in [6, 6.07) is 0.742. The summed E-state index contributed by atoms with van der Waals surface area (Å²) in [6.07, 6.45) is 2.35. The zero-order valence-electron chi connectivity index (χ0n) is 12.1. The molecular weight excluding hydrogens is 244 g/mol. The van der Waals surface area contributed by atoms with Gasteiger partial charge in [-0.3, -0.25) is 0 Å². The minimum absolute atomic E-state index is 0.103. The van der Waals surface area contributed by atoms with Crippen LogP contribution in [-0.4, -0.2) is 43.5 Å². The number of anilines is 1. The molecule has 1 fully saturated rings. The van der Waals surface area contributed by atoms with Gasteiger partial charge in [0.25, 0.3) is 0 Å². The Kier molecular flexibility index (Phi) is 5.15. The Hall–Kier alpha value is -1.14. The average molecular weight is 268 g/mol. The second kappa shape index (κ2) is 6.86. The number of nitrogens with one attached hydrogen (secondary N) is 1. The van der Waals surface area contributed by atoms with Crippen LogP contribution >= 0.6 is 0 Å². The zero-order valence-corrected chi connectivity index (χ0v) is 12.1. The summed E-state index contributed by atoms with van der Waals surface area (Å²) >= 11 is 0. The van der Waals surface area contributed by atoms with Crippen molar-refractivity contribution in [3.63, 3.8) is 0 Å². The van der Waals surface area contributed by atoms with Crippen LogP contribution in [0.4, 0.5) is 6.01 Å². The van der Waals surface area contributed by atoms with E-state index in [4.69, 9.17) is 9.15 Å². The lowest BCUT2D eigenvalue weighted by molar-refractivity contribution is 0.142. The van der Waals surface area contributed by atoms with E-state index in [1.54, 1.807) is 7.11 Å². The molecule has 1 aliphatic heterocycles. The van der Waals surface area contributed by atoms with Crippen molar-refractivity contribution in [1.82, 2.24) is 15.5 Å². The molecule has 1 N–H and O–H groups in total. The molecule has 19 heavy (non-hydrogen) atoms. The fraction of sp³-hybridized carbons (Fsp3) is 0.846. The lowest BCUT2D eigenvalue weighted by atomic mass is 9.99. The topological polar surface area (TPSA) is 63.4 Å².